The van der Waals surface area contributed by atoms with Gasteiger partial charge in [0.1, 0.15) is 23.6 Å². The summed E-state index contributed by atoms with van der Waals surface area (Å²) in [6.45, 7) is 9.56. The van der Waals surface area contributed by atoms with E-state index in [4.69, 9.17) is 0 Å². The number of hydrogen-bond acceptors (Lipinski definition) is 8. The molecule has 4 rings (SSSR count). The third kappa shape index (κ3) is 7.79. The zero-order valence-electron chi connectivity index (χ0n) is 28.2. The quantitative estimate of drug-likeness (QED) is 0.154. The van der Waals surface area contributed by atoms with E-state index in [0.717, 1.165) is 66.0 Å². The van der Waals surface area contributed by atoms with Gasteiger partial charge in [0.05, 0.1) is 44.4 Å². The summed E-state index contributed by atoms with van der Waals surface area (Å²) in [6.07, 6.45) is 9.77. The highest BCUT2D eigenvalue weighted by Crippen LogP contribution is 2.49. The topological polar surface area (TPSA) is 136 Å². The van der Waals surface area contributed by atoms with Crippen molar-refractivity contribution in [3.05, 3.63) is 60.5 Å². The second-order valence-corrected chi connectivity index (χ2v) is 14.7. The van der Waals surface area contributed by atoms with E-state index in [1.807, 2.05) is 48.5 Å². The Balaban J connectivity index is 1.93. The van der Waals surface area contributed by atoms with Crippen LogP contribution in [0.2, 0.25) is 0 Å². The summed E-state index contributed by atoms with van der Waals surface area (Å²) in [5.41, 5.74) is 2.02. The van der Waals surface area contributed by atoms with Crippen LogP contribution in [0.4, 0.5) is 0 Å². The van der Waals surface area contributed by atoms with Crippen LogP contribution in [0.15, 0.2) is 41.0 Å². The average molecular weight is 679 g/mol. The molecule has 2 atom stereocenters. The molecule has 248 valence electrons. The van der Waals surface area contributed by atoms with Gasteiger partial charge < -0.3 is 9.80 Å². The van der Waals surface area contributed by atoms with Gasteiger partial charge in [-0.05, 0) is 55.0 Å². The van der Waals surface area contributed by atoms with Crippen molar-refractivity contribution in [2.75, 3.05) is 13.1 Å². The van der Waals surface area contributed by atoms with E-state index >= 15 is 0 Å². The molecule has 0 bridgehead atoms. The first-order chi connectivity index (χ1) is 23.3. The van der Waals surface area contributed by atoms with Crippen LogP contribution in [0, 0.1) is 63.1 Å². The minimum Gasteiger partial charge on any atom is -0.306 e. The Morgan fingerprint density at radius 1 is 0.750 bits per heavy atom. The number of unbranched alkanes of at least 4 members (excludes halogenated alkanes) is 2. The number of nitriles is 4. The van der Waals surface area contributed by atoms with Crippen molar-refractivity contribution >= 4 is 52.0 Å². The van der Waals surface area contributed by atoms with Crippen LogP contribution < -0.4 is 0 Å². The van der Waals surface area contributed by atoms with Gasteiger partial charge >= 0.3 is 0 Å². The van der Waals surface area contributed by atoms with Gasteiger partial charge in [0.15, 0.2) is 0 Å². The van der Waals surface area contributed by atoms with Crippen LogP contribution >= 0.6 is 22.7 Å². The molecule has 0 saturated heterocycles. The first-order valence-corrected chi connectivity index (χ1v) is 18.5. The number of hydrogen-bond donors (Lipinski definition) is 0. The van der Waals surface area contributed by atoms with Gasteiger partial charge in [-0.15, -0.1) is 22.7 Å². The first kappa shape index (κ1) is 36.4. The molecule has 0 saturated carbocycles. The fraction of sp³-hybridized carbons (Fsp3) is 0.474. The Morgan fingerprint density at radius 2 is 1.25 bits per heavy atom. The summed E-state index contributed by atoms with van der Waals surface area (Å²) in [6, 6.07) is 15.4. The lowest BCUT2D eigenvalue weighted by Crippen LogP contribution is -2.34. The SMILES string of the molecule is CCCCC(CC)CN1C(=O)C2=C(c3ccc(CC(C#N)C#N)s3)N(CC(CC)CCCC)C(=O)C2=C1c1ccc(C=C(C#N)C#N)s1. The van der Waals surface area contributed by atoms with E-state index in [0.29, 0.717) is 40.5 Å². The van der Waals surface area contributed by atoms with Gasteiger partial charge in [-0.1, -0.05) is 66.2 Å². The number of thiophene rings is 2. The monoisotopic (exact) mass is 678 g/mol. The lowest BCUT2D eigenvalue weighted by molar-refractivity contribution is -0.124. The van der Waals surface area contributed by atoms with Crippen molar-refractivity contribution in [2.45, 2.75) is 85.5 Å². The predicted molar refractivity (Wildman–Crippen MR) is 190 cm³/mol. The number of nitrogens with zero attached hydrogens (tertiary/aromatic N) is 6. The van der Waals surface area contributed by atoms with Crippen molar-refractivity contribution in [3.8, 4) is 24.3 Å². The summed E-state index contributed by atoms with van der Waals surface area (Å²) in [4.78, 5) is 36.1. The molecule has 2 aromatic rings. The normalized spacial score (nSPS) is 15.4. The molecule has 2 aromatic heterocycles. The third-order valence-corrected chi connectivity index (χ3v) is 11.3. The lowest BCUT2D eigenvalue weighted by Gasteiger charge is -2.29. The molecular formula is C38H42N6O2S2. The van der Waals surface area contributed by atoms with Gasteiger partial charge in [-0.2, -0.15) is 21.0 Å². The molecule has 2 aliphatic rings. The van der Waals surface area contributed by atoms with Crippen molar-refractivity contribution < 1.29 is 9.59 Å². The van der Waals surface area contributed by atoms with Gasteiger partial charge in [0.25, 0.3) is 11.8 Å². The highest BCUT2D eigenvalue weighted by molar-refractivity contribution is 7.14. The van der Waals surface area contributed by atoms with E-state index < -0.39 is 5.92 Å². The smallest absolute Gasteiger partial charge is 0.261 e. The highest BCUT2D eigenvalue weighted by atomic mass is 32.1. The summed E-state index contributed by atoms with van der Waals surface area (Å²) in [5, 5.41) is 37.5. The minimum atomic E-state index is -0.779. The summed E-state index contributed by atoms with van der Waals surface area (Å²) in [7, 11) is 0. The molecule has 4 heterocycles. The molecule has 48 heavy (non-hydrogen) atoms. The summed E-state index contributed by atoms with van der Waals surface area (Å²) < 4.78 is 0. The largest absolute Gasteiger partial charge is 0.306 e. The molecule has 0 N–H and O–H groups in total. The molecule has 10 heteroatoms. The maximum Gasteiger partial charge on any atom is 0.261 e. The van der Waals surface area contributed by atoms with Crippen LogP contribution in [0.25, 0.3) is 17.5 Å². The number of rotatable bonds is 17. The summed E-state index contributed by atoms with van der Waals surface area (Å²) >= 11 is 2.79. The zero-order chi connectivity index (χ0) is 34.8. The van der Waals surface area contributed by atoms with E-state index in [-0.39, 0.29) is 35.6 Å². The van der Waals surface area contributed by atoms with Gasteiger partial charge in [-0.3, -0.25) is 9.59 Å². The van der Waals surface area contributed by atoms with Crippen molar-refractivity contribution in [3.63, 3.8) is 0 Å². The van der Waals surface area contributed by atoms with Crippen LogP contribution in [-0.4, -0.2) is 34.7 Å². The zero-order valence-corrected chi connectivity index (χ0v) is 29.8. The molecular weight excluding hydrogens is 637 g/mol. The fourth-order valence-electron chi connectivity index (χ4n) is 6.33. The van der Waals surface area contributed by atoms with Crippen molar-refractivity contribution in [1.29, 1.82) is 21.0 Å². The average Bonchev–Trinajstić information content (AvgIpc) is 3.88. The maximum absolute atomic E-state index is 14.7. The molecule has 0 aliphatic carbocycles. The molecule has 0 aromatic carbocycles. The number of carbonyl (C=O) groups excluding carboxylic acids is 2. The van der Waals surface area contributed by atoms with Gasteiger partial charge in [0, 0.05) is 29.3 Å². The Labute approximate surface area is 292 Å². The molecule has 2 amide bonds. The van der Waals surface area contributed by atoms with Crippen molar-refractivity contribution in [1.82, 2.24) is 9.80 Å². The minimum absolute atomic E-state index is 0.0155. The van der Waals surface area contributed by atoms with Crippen LogP contribution in [0.1, 0.15) is 98.6 Å². The van der Waals surface area contributed by atoms with Crippen molar-refractivity contribution in [2.24, 2.45) is 17.8 Å². The fourth-order valence-corrected chi connectivity index (χ4v) is 8.46. The highest BCUT2D eigenvalue weighted by Gasteiger charge is 2.50. The number of fused-ring (bicyclic) bond motifs is 1. The maximum atomic E-state index is 14.7. The number of allylic oxidation sites excluding steroid dienone is 1. The van der Waals surface area contributed by atoms with E-state index in [9.17, 15) is 30.6 Å². The second kappa shape index (κ2) is 17.1. The molecule has 0 fully saturated rings. The molecule has 0 radical (unpaired) electrons. The number of carbonyl (C=O) groups is 2. The first-order valence-electron chi connectivity index (χ1n) is 16.9. The Kier molecular flexibility index (Phi) is 12.9. The standard InChI is InChI=1S/C38H42N6O2S2/c1-5-9-11-25(7-3)23-43-35(31-15-13-29(47-31)17-27(19-39)20-40)33-34(37(43)45)36(32-16-14-30(48-32)18-28(21-41)22-42)44(38(33)46)24-26(8-4)12-10-6-2/h13-17,25-26,28H,5-12,18,23-24H2,1-4H3. The Bertz CT molecular complexity index is 1750. The Morgan fingerprint density at radius 3 is 1.71 bits per heavy atom. The molecule has 2 unspecified atom stereocenters. The van der Waals surface area contributed by atoms with Gasteiger partial charge in [-0.25, -0.2) is 0 Å². The number of amides is 2. The van der Waals surface area contributed by atoms with Crippen LogP contribution in [-0.2, 0) is 16.0 Å². The van der Waals surface area contributed by atoms with E-state index in [1.54, 1.807) is 9.80 Å². The van der Waals surface area contributed by atoms with Gasteiger partial charge in [0.2, 0.25) is 0 Å². The molecule has 2 aliphatic heterocycles. The molecule has 0 spiro atoms. The lowest BCUT2D eigenvalue weighted by atomic mass is 9.98. The summed E-state index contributed by atoms with van der Waals surface area (Å²) in [5.74, 6) is -0.651. The van der Waals surface area contributed by atoms with E-state index in [2.05, 4.69) is 27.7 Å². The predicted octanol–water partition coefficient (Wildman–Crippen LogP) is 8.69. The molecule has 8 nitrogen and oxygen atoms in total. The van der Waals surface area contributed by atoms with Crippen LogP contribution in [0.5, 0.6) is 0 Å². The van der Waals surface area contributed by atoms with Crippen LogP contribution in [0.3, 0.4) is 0 Å². The second-order valence-electron chi connectivity index (χ2n) is 12.4. The Hall–Kier alpha value is -4.48. The van der Waals surface area contributed by atoms with E-state index in [1.165, 1.54) is 28.7 Å². The third-order valence-electron chi connectivity index (χ3n) is 9.15.